The number of nitrogens with one attached hydrogen (secondary N) is 1. The van der Waals surface area contributed by atoms with Crippen molar-refractivity contribution >= 4 is 11.9 Å². The van der Waals surface area contributed by atoms with E-state index in [-0.39, 0.29) is 24.5 Å². The summed E-state index contributed by atoms with van der Waals surface area (Å²) in [6.45, 7) is 1.44. The molecule has 0 bridgehead atoms. The number of rotatable bonds is 9. The second-order valence-electron chi connectivity index (χ2n) is 7.81. The molecule has 8 nitrogen and oxygen atoms in total. The van der Waals surface area contributed by atoms with Crippen LogP contribution >= 0.6 is 0 Å². The Bertz CT molecular complexity index is 828. The quantitative estimate of drug-likeness (QED) is 0.679. The third-order valence-electron chi connectivity index (χ3n) is 5.55. The Balaban J connectivity index is 1.33. The number of carboxylic acid groups (broad SMARTS) is 1. The van der Waals surface area contributed by atoms with E-state index in [0.717, 1.165) is 24.9 Å². The van der Waals surface area contributed by atoms with E-state index >= 15 is 0 Å². The van der Waals surface area contributed by atoms with Crippen molar-refractivity contribution in [1.82, 2.24) is 25.0 Å². The Morgan fingerprint density at radius 2 is 2.04 bits per heavy atom. The highest BCUT2D eigenvalue weighted by Gasteiger charge is 2.37. The molecule has 0 aliphatic heterocycles. The molecule has 0 saturated heterocycles. The van der Waals surface area contributed by atoms with Gasteiger partial charge in [-0.2, -0.15) is 5.10 Å². The zero-order chi connectivity index (χ0) is 19.5. The molecule has 0 spiro atoms. The highest BCUT2D eigenvalue weighted by Crippen LogP contribution is 2.33. The van der Waals surface area contributed by atoms with Crippen LogP contribution in [-0.2, 0) is 11.3 Å². The van der Waals surface area contributed by atoms with E-state index in [2.05, 4.69) is 20.3 Å². The van der Waals surface area contributed by atoms with Gasteiger partial charge in [-0.15, -0.1) is 0 Å². The molecule has 0 atom stereocenters. The van der Waals surface area contributed by atoms with Crippen LogP contribution in [0.15, 0.2) is 36.9 Å². The van der Waals surface area contributed by atoms with Crippen LogP contribution in [0.3, 0.4) is 0 Å². The van der Waals surface area contributed by atoms with Crippen molar-refractivity contribution < 1.29 is 14.7 Å². The fourth-order valence-electron chi connectivity index (χ4n) is 3.78. The van der Waals surface area contributed by atoms with Crippen LogP contribution in [0.1, 0.15) is 41.6 Å². The Kier molecular flexibility index (Phi) is 5.38. The minimum Gasteiger partial charge on any atom is -0.480 e. The third kappa shape index (κ3) is 4.56. The number of hydrogen-bond donors (Lipinski definition) is 2. The van der Waals surface area contributed by atoms with Crippen LogP contribution in [0.4, 0.5) is 0 Å². The largest absolute Gasteiger partial charge is 0.480 e. The van der Waals surface area contributed by atoms with Gasteiger partial charge in [0, 0.05) is 24.2 Å². The zero-order valence-corrected chi connectivity index (χ0v) is 15.7. The summed E-state index contributed by atoms with van der Waals surface area (Å²) in [5.74, 6) is -0.224. The molecular formula is C20H25N5O3. The molecule has 2 saturated carbocycles. The third-order valence-corrected chi connectivity index (χ3v) is 5.55. The lowest BCUT2D eigenvalue weighted by Crippen LogP contribution is -2.55. The number of carbonyl (C=O) groups is 2. The topological polar surface area (TPSA) is 100 Å². The van der Waals surface area contributed by atoms with Crippen molar-refractivity contribution in [1.29, 1.82) is 0 Å². The van der Waals surface area contributed by atoms with Gasteiger partial charge in [0.15, 0.2) is 0 Å². The first kappa shape index (κ1) is 18.6. The molecule has 148 valence electrons. The van der Waals surface area contributed by atoms with Crippen molar-refractivity contribution in [2.45, 2.75) is 44.3 Å². The summed E-state index contributed by atoms with van der Waals surface area (Å²) in [6, 6.07) is 7.84. The molecule has 2 fully saturated rings. The predicted molar refractivity (Wildman–Crippen MR) is 102 cm³/mol. The summed E-state index contributed by atoms with van der Waals surface area (Å²) in [4.78, 5) is 29.9. The van der Waals surface area contributed by atoms with Crippen molar-refractivity contribution in [3.63, 3.8) is 0 Å². The van der Waals surface area contributed by atoms with Crippen LogP contribution < -0.4 is 5.32 Å². The van der Waals surface area contributed by atoms with Gasteiger partial charge >= 0.3 is 5.97 Å². The lowest BCUT2D eigenvalue weighted by atomic mass is 9.85. The summed E-state index contributed by atoms with van der Waals surface area (Å²) >= 11 is 0. The highest BCUT2D eigenvalue weighted by atomic mass is 16.4. The minimum atomic E-state index is -0.782. The molecule has 8 heteroatoms. The van der Waals surface area contributed by atoms with E-state index in [1.54, 1.807) is 11.0 Å². The van der Waals surface area contributed by atoms with Gasteiger partial charge in [-0.25, -0.2) is 9.67 Å². The zero-order valence-electron chi connectivity index (χ0n) is 15.7. The van der Waals surface area contributed by atoms with Crippen molar-refractivity contribution in [3.05, 3.63) is 48.0 Å². The van der Waals surface area contributed by atoms with Crippen LogP contribution in [0.25, 0.3) is 0 Å². The van der Waals surface area contributed by atoms with Crippen molar-refractivity contribution in [2.24, 2.45) is 5.92 Å². The fourth-order valence-corrected chi connectivity index (χ4v) is 3.78. The SMILES string of the molecule is O=C(O)CN(CC1CC1)C1CC(NC(=O)c2ccccc2Cn2cncn2)C1. The van der Waals surface area contributed by atoms with E-state index in [1.807, 2.05) is 24.3 Å². The molecule has 1 aromatic heterocycles. The summed E-state index contributed by atoms with van der Waals surface area (Å²) in [5.41, 5.74) is 1.53. The molecule has 2 aliphatic rings. The number of hydrogen-bond acceptors (Lipinski definition) is 5. The molecule has 0 unspecified atom stereocenters. The molecule has 28 heavy (non-hydrogen) atoms. The molecule has 2 aromatic rings. The Hall–Kier alpha value is -2.74. The number of benzene rings is 1. The Morgan fingerprint density at radius 1 is 1.25 bits per heavy atom. The summed E-state index contributed by atoms with van der Waals surface area (Å²) < 4.78 is 1.69. The minimum absolute atomic E-state index is 0.0859. The van der Waals surface area contributed by atoms with Gasteiger partial charge in [-0.1, -0.05) is 18.2 Å². The average Bonchev–Trinajstić information content (AvgIpc) is 3.30. The van der Waals surface area contributed by atoms with Crippen LogP contribution in [0, 0.1) is 5.92 Å². The normalized spacial score (nSPS) is 21.3. The second-order valence-corrected chi connectivity index (χ2v) is 7.81. The predicted octanol–water partition coefficient (Wildman–Crippen LogP) is 1.38. The van der Waals surface area contributed by atoms with Gasteiger partial charge in [-0.05, 0) is 43.2 Å². The first-order valence-corrected chi connectivity index (χ1v) is 9.75. The highest BCUT2D eigenvalue weighted by molar-refractivity contribution is 5.95. The maximum absolute atomic E-state index is 12.8. The summed E-state index contributed by atoms with van der Waals surface area (Å²) in [6.07, 6.45) is 7.11. The Morgan fingerprint density at radius 3 is 2.71 bits per heavy atom. The van der Waals surface area contributed by atoms with Crippen LogP contribution in [0.2, 0.25) is 0 Å². The number of amides is 1. The number of aliphatic carboxylic acids is 1. The maximum atomic E-state index is 12.8. The first-order chi connectivity index (χ1) is 13.6. The summed E-state index contributed by atoms with van der Waals surface area (Å²) in [5, 5.41) is 16.4. The second kappa shape index (κ2) is 8.10. The fraction of sp³-hybridized carbons (Fsp3) is 0.500. The molecule has 1 heterocycles. The van der Waals surface area contributed by atoms with Crippen molar-refractivity contribution in [2.75, 3.05) is 13.1 Å². The van der Waals surface area contributed by atoms with Gasteiger partial charge < -0.3 is 10.4 Å². The van der Waals surface area contributed by atoms with Crippen molar-refractivity contribution in [3.8, 4) is 0 Å². The summed E-state index contributed by atoms with van der Waals surface area (Å²) in [7, 11) is 0. The van der Waals surface area contributed by atoms with Crippen LogP contribution in [0.5, 0.6) is 0 Å². The lowest BCUT2D eigenvalue weighted by molar-refractivity contribution is -0.139. The number of carboxylic acids is 1. The van der Waals surface area contributed by atoms with E-state index in [9.17, 15) is 9.59 Å². The number of aromatic nitrogens is 3. The average molecular weight is 383 g/mol. The van der Waals surface area contributed by atoms with Gasteiger partial charge in [-0.3, -0.25) is 14.5 Å². The first-order valence-electron chi connectivity index (χ1n) is 9.75. The van der Waals surface area contributed by atoms with E-state index in [4.69, 9.17) is 5.11 Å². The number of nitrogens with zero attached hydrogens (tertiary/aromatic N) is 4. The molecule has 2 aliphatic carbocycles. The van der Waals surface area contributed by atoms with Gasteiger partial charge in [0.05, 0.1) is 13.1 Å². The van der Waals surface area contributed by atoms with Gasteiger partial charge in [0.1, 0.15) is 12.7 Å². The molecule has 1 aromatic carbocycles. The lowest BCUT2D eigenvalue weighted by Gasteiger charge is -2.42. The monoisotopic (exact) mass is 383 g/mol. The Labute approximate surface area is 163 Å². The van der Waals surface area contributed by atoms with Gasteiger partial charge in [0.25, 0.3) is 5.91 Å². The van der Waals surface area contributed by atoms with E-state index < -0.39 is 5.97 Å². The molecule has 2 N–H and O–H groups in total. The number of carbonyl (C=O) groups excluding carboxylic acids is 1. The molecule has 1 amide bonds. The van der Waals surface area contributed by atoms with Gasteiger partial charge in [0.2, 0.25) is 0 Å². The smallest absolute Gasteiger partial charge is 0.317 e. The molecular weight excluding hydrogens is 358 g/mol. The maximum Gasteiger partial charge on any atom is 0.317 e. The van der Waals surface area contributed by atoms with Crippen LogP contribution in [-0.4, -0.2) is 61.8 Å². The van der Waals surface area contributed by atoms with E-state index in [0.29, 0.717) is 18.0 Å². The standard InChI is InChI=1S/C20H25N5O3/c26-19(27)11-24(9-14-5-6-14)17-7-16(8-17)23-20(28)18-4-2-1-3-15(18)10-25-13-21-12-22-25/h1-4,12-14,16-17H,5-11H2,(H,23,28)(H,26,27). The molecule has 4 rings (SSSR count). The van der Waals surface area contributed by atoms with E-state index in [1.165, 1.54) is 19.2 Å². The molecule has 0 radical (unpaired) electrons.